The molecular formula is C17H25N5OS. The zero-order valence-corrected chi connectivity index (χ0v) is 15.3. The summed E-state index contributed by atoms with van der Waals surface area (Å²) in [5.74, 6) is 1.46. The molecule has 130 valence electrons. The molecule has 0 aliphatic carbocycles. The van der Waals surface area contributed by atoms with Crippen LogP contribution in [-0.2, 0) is 12.0 Å². The molecule has 7 heteroatoms. The first-order chi connectivity index (χ1) is 11.4. The van der Waals surface area contributed by atoms with E-state index in [1.54, 1.807) is 17.5 Å². The Kier molecular flexibility index (Phi) is 5.01. The first-order valence-corrected chi connectivity index (χ1v) is 9.24. The number of piperidine rings is 1. The van der Waals surface area contributed by atoms with Gasteiger partial charge in [0.25, 0.3) is 0 Å². The molecular weight excluding hydrogens is 322 g/mol. The fourth-order valence-corrected chi connectivity index (χ4v) is 3.63. The molecule has 3 rings (SSSR count). The van der Waals surface area contributed by atoms with Crippen LogP contribution in [0.25, 0.3) is 0 Å². The Morgan fingerprint density at radius 1 is 1.38 bits per heavy atom. The van der Waals surface area contributed by atoms with Crippen LogP contribution in [0.5, 0.6) is 0 Å². The van der Waals surface area contributed by atoms with E-state index in [0.717, 1.165) is 35.9 Å². The van der Waals surface area contributed by atoms with E-state index in [1.807, 2.05) is 6.07 Å². The molecule has 2 aromatic heterocycles. The van der Waals surface area contributed by atoms with Crippen molar-refractivity contribution in [1.82, 2.24) is 15.0 Å². The van der Waals surface area contributed by atoms with Crippen molar-refractivity contribution in [3.63, 3.8) is 0 Å². The van der Waals surface area contributed by atoms with Gasteiger partial charge in [0.15, 0.2) is 0 Å². The SMILES string of the molecule is CC(C)(C)c1csc(CNc2nccc(N3CCCC(O)C3)n2)n1. The zero-order valence-electron chi connectivity index (χ0n) is 14.5. The van der Waals surface area contributed by atoms with E-state index in [-0.39, 0.29) is 11.5 Å². The molecule has 1 unspecified atom stereocenters. The molecule has 0 amide bonds. The number of hydrogen-bond acceptors (Lipinski definition) is 7. The maximum atomic E-state index is 9.82. The van der Waals surface area contributed by atoms with Crippen LogP contribution in [-0.4, -0.2) is 39.3 Å². The molecule has 0 spiro atoms. The zero-order chi connectivity index (χ0) is 17.2. The first kappa shape index (κ1) is 17.1. The third-order valence-electron chi connectivity index (χ3n) is 4.08. The lowest BCUT2D eigenvalue weighted by molar-refractivity contribution is 0.154. The molecule has 1 atom stereocenters. The van der Waals surface area contributed by atoms with E-state index >= 15 is 0 Å². The van der Waals surface area contributed by atoms with Crippen LogP contribution in [0.4, 0.5) is 11.8 Å². The fraction of sp³-hybridized carbons (Fsp3) is 0.588. The quantitative estimate of drug-likeness (QED) is 0.886. The second kappa shape index (κ2) is 7.03. The number of rotatable bonds is 4. The third kappa shape index (κ3) is 4.21. The third-order valence-corrected chi connectivity index (χ3v) is 4.93. The van der Waals surface area contributed by atoms with E-state index in [1.165, 1.54) is 0 Å². The van der Waals surface area contributed by atoms with Gasteiger partial charge in [0.1, 0.15) is 10.8 Å². The number of nitrogens with zero attached hydrogens (tertiary/aromatic N) is 4. The minimum atomic E-state index is -0.267. The van der Waals surface area contributed by atoms with Gasteiger partial charge in [-0.25, -0.2) is 9.97 Å². The van der Waals surface area contributed by atoms with Gasteiger partial charge in [-0.05, 0) is 18.9 Å². The summed E-state index contributed by atoms with van der Waals surface area (Å²) >= 11 is 1.66. The Balaban J connectivity index is 1.63. The van der Waals surface area contributed by atoms with Gasteiger partial charge in [-0.1, -0.05) is 20.8 Å². The highest BCUT2D eigenvalue weighted by molar-refractivity contribution is 7.09. The summed E-state index contributed by atoms with van der Waals surface area (Å²) in [4.78, 5) is 15.6. The lowest BCUT2D eigenvalue weighted by Gasteiger charge is -2.31. The number of hydrogen-bond donors (Lipinski definition) is 2. The van der Waals surface area contributed by atoms with Crippen LogP contribution in [0.3, 0.4) is 0 Å². The van der Waals surface area contributed by atoms with Gasteiger partial charge >= 0.3 is 0 Å². The van der Waals surface area contributed by atoms with Gasteiger partial charge < -0.3 is 15.3 Å². The summed E-state index contributed by atoms with van der Waals surface area (Å²) in [6, 6.07) is 1.89. The van der Waals surface area contributed by atoms with Crippen LogP contribution in [0, 0.1) is 0 Å². The van der Waals surface area contributed by atoms with Gasteiger partial charge in [-0.3, -0.25) is 0 Å². The number of nitrogens with one attached hydrogen (secondary N) is 1. The van der Waals surface area contributed by atoms with Gasteiger partial charge in [0, 0.05) is 30.1 Å². The monoisotopic (exact) mass is 347 g/mol. The van der Waals surface area contributed by atoms with Gasteiger partial charge in [0.2, 0.25) is 5.95 Å². The molecule has 3 heterocycles. The number of aliphatic hydroxyl groups excluding tert-OH is 1. The molecule has 0 saturated carbocycles. The lowest BCUT2D eigenvalue weighted by Crippen LogP contribution is -2.38. The van der Waals surface area contributed by atoms with Crippen LogP contribution in [0.2, 0.25) is 0 Å². The minimum absolute atomic E-state index is 0.0697. The molecule has 2 aromatic rings. The molecule has 1 saturated heterocycles. The van der Waals surface area contributed by atoms with Gasteiger partial charge in [-0.2, -0.15) is 4.98 Å². The van der Waals surface area contributed by atoms with E-state index in [9.17, 15) is 5.11 Å². The van der Waals surface area contributed by atoms with Gasteiger partial charge in [-0.15, -0.1) is 11.3 Å². The van der Waals surface area contributed by atoms with Crippen LogP contribution >= 0.6 is 11.3 Å². The average Bonchev–Trinajstić information content (AvgIpc) is 3.02. The minimum Gasteiger partial charge on any atom is -0.391 e. The van der Waals surface area contributed by atoms with E-state index in [4.69, 9.17) is 0 Å². The molecule has 24 heavy (non-hydrogen) atoms. The summed E-state index contributed by atoms with van der Waals surface area (Å²) in [5, 5.41) is 16.2. The Morgan fingerprint density at radius 2 is 2.21 bits per heavy atom. The van der Waals surface area contributed by atoms with Crippen LogP contribution < -0.4 is 10.2 Å². The van der Waals surface area contributed by atoms with Crippen molar-refractivity contribution in [2.75, 3.05) is 23.3 Å². The van der Waals surface area contributed by atoms with Crippen LogP contribution in [0.15, 0.2) is 17.6 Å². The van der Waals surface area contributed by atoms with Crippen molar-refractivity contribution in [2.24, 2.45) is 0 Å². The number of aromatic nitrogens is 3. The van der Waals surface area contributed by atoms with Crippen LogP contribution in [0.1, 0.15) is 44.3 Å². The molecule has 1 aliphatic rings. The van der Waals surface area contributed by atoms with Crippen molar-refractivity contribution in [3.8, 4) is 0 Å². The largest absolute Gasteiger partial charge is 0.391 e. The Morgan fingerprint density at radius 3 is 2.92 bits per heavy atom. The predicted octanol–water partition coefficient (Wildman–Crippen LogP) is 2.80. The molecule has 0 aromatic carbocycles. The number of thiazole rings is 1. The maximum Gasteiger partial charge on any atom is 0.224 e. The number of anilines is 2. The molecule has 1 fully saturated rings. The van der Waals surface area contributed by atoms with Crippen molar-refractivity contribution in [1.29, 1.82) is 0 Å². The highest BCUT2D eigenvalue weighted by Gasteiger charge is 2.19. The molecule has 0 radical (unpaired) electrons. The standard InChI is InChI=1S/C17H25N5OS/c1-17(2,3)13-11-24-15(20-13)9-19-16-18-7-6-14(21-16)22-8-4-5-12(23)10-22/h6-7,11-12,23H,4-5,8-10H2,1-3H3,(H,18,19,21). The summed E-state index contributed by atoms with van der Waals surface area (Å²) in [5.41, 5.74) is 1.18. The Hall–Kier alpha value is -1.73. The highest BCUT2D eigenvalue weighted by atomic mass is 32.1. The van der Waals surface area contributed by atoms with E-state index in [2.05, 4.69) is 51.3 Å². The van der Waals surface area contributed by atoms with E-state index < -0.39 is 0 Å². The highest BCUT2D eigenvalue weighted by Crippen LogP contribution is 2.24. The predicted molar refractivity (Wildman–Crippen MR) is 97.6 cm³/mol. The van der Waals surface area contributed by atoms with Crippen molar-refractivity contribution >= 4 is 23.1 Å². The average molecular weight is 347 g/mol. The normalized spacial score (nSPS) is 18.7. The molecule has 2 N–H and O–H groups in total. The summed E-state index contributed by atoms with van der Waals surface area (Å²) < 4.78 is 0. The second-order valence-electron chi connectivity index (χ2n) is 7.21. The van der Waals surface area contributed by atoms with E-state index in [0.29, 0.717) is 19.0 Å². The fourth-order valence-electron chi connectivity index (χ4n) is 2.66. The summed E-state index contributed by atoms with van der Waals surface area (Å²) in [7, 11) is 0. The molecule has 1 aliphatic heterocycles. The lowest BCUT2D eigenvalue weighted by atomic mass is 9.93. The summed E-state index contributed by atoms with van der Waals surface area (Å²) in [6.07, 6.45) is 3.35. The van der Waals surface area contributed by atoms with Crippen molar-refractivity contribution < 1.29 is 5.11 Å². The maximum absolute atomic E-state index is 9.82. The Labute approximate surface area is 147 Å². The van der Waals surface area contributed by atoms with Gasteiger partial charge in [0.05, 0.1) is 18.3 Å². The number of β-amino-alcohol motifs (C(OH)–C–C–N with tert-alkyl or cyclic N) is 1. The Bertz CT molecular complexity index is 682. The number of aliphatic hydroxyl groups is 1. The summed E-state index contributed by atoms with van der Waals surface area (Å²) in [6.45, 7) is 8.68. The molecule has 6 nitrogen and oxygen atoms in total. The van der Waals surface area contributed by atoms with Crippen molar-refractivity contribution in [2.45, 2.75) is 51.7 Å². The van der Waals surface area contributed by atoms with Crippen molar-refractivity contribution in [3.05, 3.63) is 28.3 Å². The second-order valence-corrected chi connectivity index (χ2v) is 8.15. The smallest absolute Gasteiger partial charge is 0.224 e. The molecule has 0 bridgehead atoms. The first-order valence-electron chi connectivity index (χ1n) is 8.36. The topological polar surface area (TPSA) is 74.2 Å².